The fourth-order valence-corrected chi connectivity index (χ4v) is 3.40. The summed E-state index contributed by atoms with van der Waals surface area (Å²) >= 11 is 1.36. The van der Waals surface area contributed by atoms with Gasteiger partial charge in [-0.25, -0.2) is 0 Å². The fraction of sp³-hybridized carbons (Fsp3) is 0.143. The van der Waals surface area contributed by atoms with Crippen LogP contribution < -0.4 is 10.1 Å². The van der Waals surface area contributed by atoms with Gasteiger partial charge in [0.1, 0.15) is 10.8 Å². The van der Waals surface area contributed by atoms with Gasteiger partial charge in [-0.15, -0.1) is 10.2 Å². The Labute approximate surface area is 172 Å². The Hall–Kier alpha value is -3.39. The Morgan fingerprint density at radius 1 is 1.03 bits per heavy atom. The van der Waals surface area contributed by atoms with Gasteiger partial charge in [-0.2, -0.15) is 9.61 Å². The second kappa shape index (κ2) is 8.32. The van der Waals surface area contributed by atoms with Gasteiger partial charge in [-0.1, -0.05) is 29.5 Å². The molecule has 1 amide bonds. The number of amides is 1. The molecule has 1 N–H and O–H groups in total. The van der Waals surface area contributed by atoms with Crippen LogP contribution >= 0.6 is 11.8 Å². The number of anilines is 1. The largest absolute Gasteiger partial charge is 0.497 e. The summed E-state index contributed by atoms with van der Waals surface area (Å²) in [6.07, 6.45) is 0. The number of ether oxygens (including phenoxy) is 1. The quantitative estimate of drug-likeness (QED) is 0.491. The minimum atomic E-state index is -0.0834. The van der Waals surface area contributed by atoms with Crippen molar-refractivity contribution in [1.82, 2.24) is 19.8 Å². The Bertz CT molecular complexity index is 1140. The number of rotatable bonds is 6. The maximum absolute atomic E-state index is 12.2. The molecule has 0 radical (unpaired) electrons. The lowest BCUT2D eigenvalue weighted by molar-refractivity contribution is -0.113. The first-order chi connectivity index (χ1) is 14.1. The maximum Gasteiger partial charge on any atom is 0.234 e. The van der Waals surface area contributed by atoms with Crippen LogP contribution in [0.2, 0.25) is 0 Å². The molecule has 2 aromatic carbocycles. The van der Waals surface area contributed by atoms with Crippen molar-refractivity contribution in [3.05, 3.63) is 66.2 Å². The normalized spacial score (nSPS) is 10.8. The molecule has 8 heteroatoms. The van der Waals surface area contributed by atoms with Crippen LogP contribution in [0.25, 0.3) is 17.0 Å². The van der Waals surface area contributed by atoms with Gasteiger partial charge in [0.15, 0.2) is 11.5 Å². The van der Waals surface area contributed by atoms with Gasteiger partial charge in [-0.05, 0) is 55.5 Å². The SMILES string of the molecule is COc1ccc(-c2nnc3ccc(SCC(=O)Nc4ccc(C)cc4)nn23)cc1. The average Bonchev–Trinajstić information content (AvgIpc) is 3.17. The lowest BCUT2D eigenvalue weighted by Crippen LogP contribution is -2.14. The predicted molar refractivity (Wildman–Crippen MR) is 113 cm³/mol. The van der Waals surface area contributed by atoms with Crippen LogP contribution in [0.1, 0.15) is 5.56 Å². The highest BCUT2D eigenvalue weighted by Gasteiger charge is 2.11. The molecule has 0 saturated heterocycles. The van der Waals surface area contributed by atoms with E-state index in [1.165, 1.54) is 11.8 Å². The van der Waals surface area contributed by atoms with E-state index in [-0.39, 0.29) is 11.7 Å². The van der Waals surface area contributed by atoms with E-state index in [9.17, 15) is 4.79 Å². The molecule has 0 fully saturated rings. The number of methoxy groups -OCH3 is 1. The minimum absolute atomic E-state index is 0.0834. The van der Waals surface area contributed by atoms with Gasteiger partial charge in [0, 0.05) is 11.3 Å². The van der Waals surface area contributed by atoms with E-state index >= 15 is 0 Å². The van der Waals surface area contributed by atoms with Crippen LogP contribution in [0, 0.1) is 6.92 Å². The zero-order valence-corrected chi connectivity index (χ0v) is 16.8. The van der Waals surface area contributed by atoms with Crippen molar-refractivity contribution < 1.29 is 9.53 Å². The molecule has 0 unspecified atom stereocenters. The van der Waals surface area contributed by atoms with E-state index in [0.717, 1.165) is 22.6 Å². The van der Waals surface area contributed by atoms with Gasteiger partial charge in [0.25, 0.3) is 0 Å². The summed E-state index contributed by atoms with van der Waals surface area (Å²) in [5.41, 5.74) is 3.45. The molecule has 4 aromatic rings. The topological polar surface area (TPSA) is 81.4 Å². The number of carbonyl (C=O) groups excluding carboxylic acids is 1. The van der Waals surface area contributed by atoms with Gasteiger partial charge in [-0.3, -0.25) is 4.79 Å². The van der Waals surface area contributed by atoms with Crippen molar-refractivity contribution in [2.24, 2.45) is 0 Å². The molecular formula is C21H19N5O2S. The Kier molecular flexibility index (Phi) is 5.44. The molecule has 0 atom stereocenters. The van der Waals surface area contributed by atoms with Crippen molar-refractivity contribution in [2.45, 2.75) is 11.9 Å². The third-order valence-corrected chi connectivity index (χ3v) is 5.19. The third-order valence-electron chi connectivity index (χ3n) is 4.27. The molecule has 0 bridgehead atoms. The number of hydrogen-bond donors (Lipinski definition) is 1. The zero-order valence-electron chi connectivity index (χ0n) is 16.0. The molecule has 29 heavy (non-hydrogen) atoms. The van der Waals surface area contributed by atoms with E-state index in [1.54, 1.807) is 11.6 Å². The molecule has 2 aromatic heterocycles. The highest BCUT2D eigenvalue weighted by atomic mass is 32.2. The number of hydrogen-bond acceptors (Lipinski definition) is 6. The molecule has 4 rings (SSSR count). The van der Waals surface area contributed by atoms with Crippen LogP contribution in [-0.2, 0) is 4.79 Å². The maximum atomic E-state index is 12.2. The summed E-state index contributed by atoms with van der Waals surface area (Å²) in [6, 6.07) is 18.9. The average molecular weight is 405 g/mol. The van der Waals surface area contributed by atoms with E-state index in [4.69, 9.17) is 4.74 Å². The molecule has 0 aliphatic heterocycles. The second-order valence-electron chi connectivity index (χ2n) is 6.40. The number of fused-ring (bicyclic) bond motifs is 1. The molecule has 0 aliphatic carbocycles. The van der Waals surface area contributed by atoms with E-state index in [2.05, 4.69) is 20.6 Å². The Morgan fingerprint density at radius 3 is 2.52 bits per heavy atom. The number of nitrogens with zero attached hydrogens (tertiary/aromatic N) is 4. The summed E-state index contributed by atoms with van der Waals surface area (Å²) in [6.45, 7) is 2.01. The van der Waals surface area contributed by atoms with E-state index in [1.807, 2.05) is 67.6 Å². The lowest BCUT2D eigenvalue weighted by Gasteiger charge is -2.06. The van der Waals surface area contributed by atoms with Crippen molar-refractivity contribution in [3.8, 4) is 17.1 Å². The number of nitrogens with one attached hydrogen (secondary N) is 1. The molecule has 0 saturated carbocycles. The Balaban J connectivity index is 1.48. The summed E-state index contributed by atoms with van der Waals surface area (Å²) < 4.78 is 6.88. The minimum Gasteiger partial charge on any atom is -0.497 e. The molecule has 0 spiro atoms. The standard InChI is InChI=1S/C21H19N5O2S/c1-14-3-7-16(8-4-14)22-19(27)13-29-20-12-11-18-23-24-21(26(18)25-20)15-5-9-17(28-2)10-6-15/h3-12H,13H2,1-2H3,(H,22,27). The third kappa shape index (κ3) is 4.38. The van der Waals surface area contributed by atoms with Gasteiger partial charge >= 0.3 is 0 Å². The van der Waals surface area contributed by atoms with Crippen molar-refractivity contribution in [2.75, 3.05) is 18.2 Å². The summed E-state index contributed by atoms with van der Waals surface area (Å²) in [5, 5.41) is 16.6. The molecular weight excluding hydrogens is 386 g/mol. The number of carbonyl (C=O) groups is 1. The molecule has 146 valence electrons. The second-order valence-corrected chi connectivity index (χ2v) is 7.39. The number of aromatic nitrogens is 4. The molecule has 7 nitrogen and oxygen atoms in total. The van der Waals surface area contributed by atoms with Gasteiger partial charge < -0.3 is 10.1 Å². The predicted octanol–water partition coefficient (Wildman–Crippen LogP) is 3.84. The highest BCUT2D eigenvalue weighted by molar-refractivity contribution is 7.99. The van der Waals surface area contributed by atoms with Crippen LogP contribution in [0.15, 0.2) is 65.7 Å². The van der Waals surface area contributed by atoms with Crippen molar-refractivity contribution in [3.63, 3.8) is 0 Å². The van der Waals surface area contributed by atoms with Crippen molar-refractivity contribution in [1.29, 1.82) is 0 Å². The van der Waals surface area contributed by atoms with Crippen LogP contribution in [0.5, 0.6) is 5.75 Å². The van der Waals surface area contributed by atoms with Crippen LogP contribution in [-0.4, -0.2) is 38.6 Å². The lowest BCUT2D eigenvalue weighted by atomic mass is 10.2. The highest BCUT2D eigenvalue weighted by Crippen LogP contribution is 2.23. The smallest absolute Gasteiger partial charge is 0.234 e. The van der Waals surface area contributed by atoms with E-state index in [0.29, 0.717) is 16.5 Å². The van der Waals surface area contributed by atoms with Gasteiger partial charge in [0.05, 0.1) is 12.9 Å². The monoisotopic (exact) mass is 405 g/mol. The Morgan fingerprint density at radius 2 is 1.79 bits per heavy atom. The molecule has 2 heterocycles. The number of benzene rings is 2. The summed E-state index contributed by atoms with van der Waals surface area (Å²) in [4.78, 5) is 12.2. The van der Waals surface area contributed by atoms with Crippen molar-refractivity contribution >= 4 is 29.0 Å². The van der Waals surface area contributed by atoms with Crippen LogP contribution in [0.3, 0.4) is 0 Å². The fourth-order valence-electron chi connectivity index (χ4n) is 2.74. The first-order valence-corrected chi connectivity index (χ1v) is 9.97. The van der Waals surface area contributed by atoms with E-state index < -0.39 is 0 Å². The number of aryl methyl sites for hydroxylation is 1. The van der Waals surface area contributed by atoms with Crippen LogP contribution in [0.4, 0.5) is 5.69 Å². The summed E-state index contributed by atoms with van der Waals surface area (Å²) in [5.74, 6) is 1.58. The first kappa shape index (κ1) is 18.9. The zero-order chi connectivity index (χ0) is 20.2. The first-order valence-electron chi connectivity index (χ1n) is 8.98. The van der Waals surface area contributed by atoms with Gasteiger partial charge in [0.2, 0.25) is 5.91 Å². The summed E-state index contributed by atoms with van der Waals surface area (Å²) in [7, 11) is 1.63. The molecule has 0 aliphatic rings. The number of thioether (sulfide) groups is 1.